The summed E-state index contributed by atoms with van der Waals surface area (Å²) in [5.41, 5.74) is 6.02. The lowest BCUT2D eigenvalue weighted by Crippen LogP contribution is -2.55. The minimum absolute atomic E-state index is 0.0474. The first-order valence-electron chi connectivity index (χ1n) is 18.0. The van der Waals surface area contributed by atoms with Crippen molar-refractivity contribution < 1.29 is 42.4 Å². The number of nitrogens with zero attached hydrogens (tertiary/aromatic N) is 3. The maximum absolute atomic E-state index is 15.1. The summed E-state index contributed by atoms with van der Waals surface area (Å²) in [6.45, 7) is 2.16. The zero-order valence-electron chi connectivity index (χ0n) is 30.7. The summed E-state index contributed by atoms with van der Waals surface area (Å²) in [5, 5.41) is 12.8. The number of aliphatic hydroxyl groups excluding tert-OH is 1. The number of nitrogens with two attached hydrogens (primary N) is 2. The summed E-state index contributed by atoms with van der Waals surface area (Å²) in [6, 6.07) is 8.55. The highest BCUT2D eigenvalue weighted by Crippen LogP contribution is 2.58. The van der Waals surface area contributed by atoms with Crippen molar-refractivity contribution in [3.05, 3.63) is 63.4 Å². The van der Waals surface area contributed by atoms with Crippen molar-refractivity contribution in [1.29, 1.82) is 0 Å². The van der Waals surface area contributed by atoms with Crippen molar-refractivity contribution in [3.8, 4) is 17.2 Å². The van der Waals surface area contributed by atoms with Gasteiger partial charge in [-0.25, -0.2) is 14.6 Å². The molecular formula is C38H50ClF2N5O7. The number of amides is 1. The number of carbonyl (C=O) groups excluding carboxylic acids is 2. The van der Waals surface area contributed by atoms with Gasteiger partial charge >= 0.3 is 5.97 Å². The number of ether oxygens (including phenoxy) is 4. The van der Waals surface area contributed by atoms with E-state index in [1.165, 1.54) is 14.2 Å². The number of halogens is 3. The molecule has 4 aliphatic rings. The van der Waals surface area contributed by atoms with Gasteiger partial charge in [0.05, 0.1) is 31.2 Å². The lowest BCUT2D eigenvalue weighted by molar-refractivity contribution is -0.171. The first-order valence-corrected chi connectivity index (χ1v) is 18.4. The second-order valence-corrected chi connectivity index (χ2v) is 15.4. The van der Waals surface area contributed by atoms with E-state index in [0.717, 1.165) is 36.3 Å². The van der Waals surface area contributed by atoms with Crippen LogP contribution in [0.2, 0.25) is 5.02 Å². The summed E-state index contributed by atoms with van der Waals surface area (Å²) in [6.07, 6.45) is 0.679. The Kier molecular flexibility index (Phi) is 11.4. The number of likely N-dealkylation sites (tertiary alicyclic amines) is 1. The van der Waals surface area contributed by atoms with Crippen LogP contribution in [0.1, 0.15) is 74.7 Å². The Hall–Kier alpha value is -3.85. The van der Waals surface area contributed by atoms with Crippen LogP contribution in [0.4, 0.5) is 8.78 Å². The minimum Gasteiger partial charge on any atom is -0.497 e. The van der Waals surface area contributed by atoms with Crippen LogP contribution in [-0.2, 0) is 27.4 Å². The smallest absolute Gasteiger partial charge is 0.312 e. The summed E-state index contributed by atoms with van der Waals surface area (Å²) in [4.78, 5) is 32.8. The SMILES string of the molecule is COc1ccc(COC(=O)[C@@]2(C)CCCC[C@H]2C(=O)N2CCc3c(Cl)ccc(OC/C(N)=C(\C(F)F)N(C)N)c3C2N2CC3(CC3)CC2O)c(OC)c1. The number of methoxy groups -OCH3 is 2. The number of allylic oxidation sites excluding steroid dienone is 1. The van der Waals surface area contributed by atoms with E-state index >= 15 is 4.79 Å². The Balaban J connectivity index is 1.33. The summed E-state index contributed by atoms with van der Waals surface area (Å²) < 4.78 is 50.5. The third-order valence-electron chi connectivity index (χ3n) is 11.6. The second-order valence-electron chi connectivity index (χ2n) is 15.0. The third kappa shape index (κ3) is 7.60. The van der Waals surface area contributed by atoms with Crippen molar-refractivity contribution >= 4 is 23.5 Å². The fourth-order valence-corrected chi connectivity index (χ4v) is 8.68. The molecule has 53 heavy (non-hydrogen) atoms. The molecule has 0 bridgehead atoms. The Morgan fingerprint density at radius 1 is 1.11 bits per heavy atom. The largest absolute Gasteiger partial charge is 0.497 e. The number of hydrogen-bond acceptors (Lipinski definition) is 11. The van der Waals surface area contributed by atoms with Crippen LogP contribution < -0.4 is 25.8 Å². The Morgan fingerprint density at radius 2 is 1.87 bits per heavy atom. The van der Waals surface area contributed by atoms with Crippen molar-refractivity contribution in [2.24, 2.45) is 28.3 Å². The lowest BCUT2D eigenvalue weighted by atomic mass is 9.66. The quantitative estimate of drug-likeness (QED) is 0.150. The lowest BCUT2D eigenvalue weighted by Gasteiger charge is -2.47. The van der Waals surface area contributed by atoms with Gasteiger partial charge in [0.15, 0.2) is 0 Å². The molecule has 15 heteroatoms. The molecule has 2 aliphatic heterocycles. The van der Waals surface area contributed by atoms with Gasteiger partial charge < -0.3 is 39.7 Å². The van der Waals surface area contributed by atoms with E-state index in [9.17, 15) is 18.7 Å². The maximum Gasteiger partial charge on any atom is 0.312 e. The zero-order chi connectivity index (χ0) is 38.2. The standard InChI is InChI=1S/C38H50ClF2N5O7/c1-37(36(49)53-19-22-8-9-23(50-3)17-29(22)51-4)13-6-5-7-25(37)35(48)45-16-12-24-26(39)10-11-28(52-20-27(42)32(33(40)41)44(2)43)31(24)34(45)46-21-38(14-15-38)18-30(46)47/h8-11,17,25,30,33-34,47H,5-7,12-16,18-21,42-43H2,1-4H3/b32-27-/t25-,30?,34?,37-/m0/s1. The summed E-state index contributed by atoms with van der Waals surface area (Å²) in [7, 11) is 4.35. The van der Waals surface area contributed by atoms with Crippen LogP contribution in [0.25, 0.3) is 0 Å². The topological polar surface area (TPSA) is 153 Å². The molecule has 12 nitrogen and oxygen atoms in total. The van der Waals surface area contributed by atoms with Crippen LogP contribution in [-0.4, -0.2) is 85.4 Å². The zero-order valence-corrected chi connectivity index (χ0v) is 31.5. The van der Waals surface area contributed by atoms with Crippen LogP contribution in [0.3, 0.4) is 0 Å². The van der Waals surface area contributed by atoms with Crippen LogP contribution in [0.5, 0.6) is 17.2 Å². The van der Waals surface area contributed by atoms with Crippen molar-refractivity contribution in [1.82, 2.24) is 14.8 Å². The summed E-state index contributed by atoms with van der Waals surface area (Å²) in [5.74, 6) is 5.64. The number of benzene rings is 2. The number of alkyl halides is 2. The van der Waals surface area contributed by atoms with E-state index in [1.807, 2.05) is 4.90 Å². The number of esters is 1. The fraction of sp³-hybridized carbons (Fsp3) is 0.579. The van der Waals surface area contributed by atoms with Gasteiger partial charge in [-0.1, -0.05) is 24.4 Å². The van der Waals surface area contributed by atoms with E-state index < -0.39 is 48.4 Å². The van der Waals surface area contributed by atoms with Gasteiger partial charge in [0.25, 0.3) is 6.43 Å². The highest BCUT2D eigenvalue weighted by Gasteiger charge is 2.57. The molecule has 4 atom stereocenters. The van der Waals surface area contributed by atoms with Crippen LogP contribution in [0.15, 0.2) is 41.7 Å². The predicted octanol–water partition coefficient (Wildman–Crippen LogP) is 5.10. The normalized spacial score (nSPS) is 25.5. The van der Waals surface area contributed by atoms with E-state index in [-0.39, 0.29) is 30.2 Å². The highest BCUT2D eigenvalue weighted by atomic mass is 35.5. The number of fused-ring (bicyclic) bond motifs is 1. The van der Waals surface area contributed by atoms with E-state index in [1.54, 1.807) is 49.3 Å². The average molecular weight is 762 g/mol. The van der Waals surface area contributed by atoms with Crippen LogP contribution in [0, 0.1) is 16.7 Å². The number of aliphatic hydroxyl groups is 1. The highest BCUT2D eigenvalue weighted by molar-refractivity contribution is 6.31. The number of carbonyl (C=O) groups is 2. The van der Waals surface area contributed by atoms with Gasteiger partial charge in [0.1, 0.15) is 48.6 Å². The Bertz CT molecular complexity index is 1730. The average Bonchev–Trinajstić information content (AvgIpc) is 3.81. The monoisotopic (exact) mass is 761 g/mol. The molecule has 2 aromatic carbocycles. The maximum atomic E-state index is 15.1. The van der Waals surface area contributed by atoms with Crippen molar-refractivity contribution in [2.75, 3.05) is 41.0 Å². The van der Waals surface area contributed by atoms with Gasteiger partial charge in [-0.2, -0.15) is 0 Å². The molecule has 2 heterocycles. The molecule has 2 unspecified atom stereocenters. The second kappa shape index (κ2) is 15.5. The van der Waals surface area contributed by atoms with Gasteiger partial charge in [0.2, 0.25) is 5.91 Å². The fourth-order valence-electron chi connectivity index (χ4n) is 8.42. The molecule has 1 saturated heterocycles. The van der Waals surface area contributed by atoms with Gasteiger partial charge in [-0.15, -0.1) is 0 Å². The van der Waals surface area contributed by atoms with Gasteiger partial charge in [0, 0.05) is 42.4 Å². The Labute approximate surface area is 313 Å². The molecule has 2 saturated carbocycles. The molecule has 5 N–H and O–H groups in total. The van der Waals surface area contributed by atoms with Crippen molar-refractivity contribution in [2.45, 2.75) is 83.7 Å². The van der Waals surface area contributed by atoms with Crippen molar-refractivity contribution in [3.63, 3.8) is 0 Å². The molecule has 2 aliphatic carbocycles. The third-order valence-corrected chi connectivity index (χ3v) is 12.0. The predicted molar refractivity (Wildman–Crippen MR) is 193 cm³/mol. The van der Waals surface area contributed by atoms with E-state index in [2.05, 4.69) is 0 Å². The molecular weight excluding hydrogens is 712 g/mol. The molecule has 0 aromatic heterocycles. The molecule has 2 aromatic rings. The number of hydrazine groups is 1. The molecule has 1 amide bonds. The van der Waals surface area contributed by atoms with Crippen LogP contribution >= 0.6 is 11.6 Å². The van der Waals surface area contributed by atoms with E-state index in [4.69, 9.17) is 42.1 Å². The number of rotatable bonds is 12. The first kappa shape index (κ1) is 38.9. The Morgan fingerprint density at radius 3 is 2.51 bits per heavy atom. The molecule has 3 fully saturated rings. The summed E-state index contributed by atoms with van der Waals surface area (Å²) >= 11 is 6.80. The number of hydrogen-bond donors (Lipinski definition) is 3. The molecule has 290 valence electrons. The minimum atomic E-state index is -2.93. The first-order chi connectivity index (χ1) is 25.2. The van der Waals surface area contributed by atoms with Gasteiger partial charge in [-0.3, -0.25) is 14.5 Å². The van der Waals surface area contributed by atoms with Gasteiger partial charge in [-0.05, 0) is 80.7 Å². The molecule has 1 spiro atoms. The molecule has 0 radical (unpaired) electrons. The van der Waals surface area contributed by atoms with E-state index in [0.29, 0.717) is 65.6 Å². The molecule has 6 rings (SSSR count).